The van der Waals surface area contributed by atoms with E-state index in [0.29, 0.717) is 12.6 Å². The number of nitrogens with one attached hydrogen (secondary N) is 1. The van der Waals surface area contributed by atoms with Gasteiger partial charge in [-0.25, -0.2) is 0 Å². The molecule has 1 aromatic rings. The average Bonchev–Trinajstić information content (AvgIpc) is 3.13. The third kappa shape index (κ3) is 2.91. The minimum absolute atomic E-state index is 0.270. The number of rotatable bonds is 5. The molecule has 1 saturated carbocycles. The molecule has 2 aliphatic rings. The number of hydrogen-bond donors (Lipinski definition) is 2. The summed E-state index contributed by atoms with van der Waals surface area (Å²) in [5.74, 6) is 2.25. The maximum atomic E-state index is 10.3. The van der Waals surface area contributed by atoms with E-state index in [1.165, 1.54) is 25.7 Å². The third-order valence-electron chi connectivity index (χ3n) is 4.52. The molecule has 1 aliphatic heterocycles. The molecule has 4 nitrogen and oxygen atoms in total. The quantitative estimate of drug-likeness (QED) is 0.868. The monoisotopic (exact) mass is 277 g/mol. The van der Waals surface area contributed by atoms with Gasteiger partial charge in [-0.2, -0.15) is 0 Å². The maximum absolute atomic E-state index is 10.3. The van der Waals surface area contributed by atoms with Gasteiger partial charge in [-0.05, 0) is 43.4 Å². The van der Waals surface area contributed by atoms with Crippen molar-refractivity contribution < 1.29 is 14.6 Å². The van der Waals surface area contributed by atoms with E-state index in [0.717, 1.165) is 23.0 Å². The van der Waals surface area contributed by atoms with Gasteiger partial charge < -0.3 is 19.9 Å². The molecule has 3 rings (SSSR count). The fraction of sp³-hybridized carbons (Fsp3) is 0.625. The number of aliphatic hydroxyl groups is 1. The summed E-state index contributed by atoms with van der Waals surface area (Å²) in [6, 6.07) is 6.11. The van der Waals surface area contributed by atoms with Crippen LogP contribution in [0.15, 0.2) is 18.2 Å². The van der Waals surface area contributed by atoms with E-state index in [2.05, 4.69) is 12.2 Å². The Morgan fingerprint density at radius 1 is 1.25 bits per heavy atom. The van der Waals surface area contributed by atoms with Gasteiger partial charge in [0, 0.05) is 12.6 Å². The first-order valence-electron chi connectivity index (χ1n) is 7.55. The summed E-state index contributed by atoms with van der Waals surface area (Å²) in [6.45, 7) is 3.07. The molecule has 2 N–H and O–H groups in total. The van der Waals surface area contributed by atoms with Crippen molar-refractivity contribution in [3.63, 3.8) is 0 Å². The Hall–Kier alpha value is -1.26. The zero-order chi connectivity index (χ0) is 13.9. The highest BCUT2D eigenvalue weighted by Gasteiger charge is 2.22. The molecule has 0 spiro atoms. The Kier molecular flexibility index (Phi) is 4.13. The van der Waals surface area contributed by atoms with Crippen molar-refractivity contribution in [2.45, 2.75) is 44.8 Å². The number of ether oxygens (including phenoxy) is 2. The molecular formula is C16H23NO3. The molecule has 1 unspecified atom stereocenters. The van der Waals surface area contributed by atoms with Crippen LogP contribution < -0.4 is 14.8 Å². The minimum Gasteiger partial charge on any atom is -0.454 e. The highest BCUT2D eigenvalue weighted by atomic mass is 16.7. The summed E-state index contributed by atoms with van der Waals surface area (Å²) in [4.78, 5) is 0. The number of aliphatic hydroxyl groups excluding tert-OH is 1. The zero-order valence-corrected chi connectivity index (χ0v) is 12.0. The first-order valence-corrected chi connectivity index (χ1v) is 7.55. The van der Waals surface area contributed by atoms with Crippen LogP contribution in [0, 0.1) is 5.92 Å². The highest BCUT2D eigenvalue weighted by Crippen LogP contribution is 2.34. The lowest BCUT2D eigenvalue weighted by Crippen LogP contribution is -2.35. The Bertz CT molecular complexity index is 457. The van der Waals surface area contributed by atoms with E-state index in [-0.39, 0.29) is 6.79 Å². The summed E-state index contributed by atoms with van der Waals surface area (Å²) >= 11 is 0. The smallest absolute Gasteiger partial charge is 0.231 e. The van der Waals surface area contributed by atoms with Gasteiger partial charge in [0.05, 0.1) is 6.10 Å². The van der Waals surface area contributed by atoms with Gasteiger partial charge >= 0.3 is 0 Å². The second-order valence-electron chi connectivity index (χ2n) is 5.87. The van der Waals surface area contributed by atoms with Crippen molar-refractivity contribution in [3.8, 4) is 11.5 Å². The van der Waals surface area contributed by atoms with Gasteiger partial charge in [0.1, 0.15) is 0 Å². The lowest BCUT2D eigenvalue weighted by molar-refractivity contribution is 0.164. The standard InChI is InChI=1S/C16H23NO3/c1-11(12-4-2-3-5-12)17-9-14(18)13-6-7-15-16(8-13)20-10-19-15/h6-8,11-12,14,17-18H,2-5,9-10H2,1H3/t11-,14?/m1/s1. The minimum atomic E-state index is -0.506. The highest BCUT2D eigenvalue weighted by molar-refractivity contribution is 5.45. The molecule has 0 bridgehead atoms. The van der Waals surface area contributed by atoms with Gasteiger partial charge in [-0.15, -0.1) is 0 Å². The van der Waals surface area contributed by atoms with Gasteiger partial charge in [-0.3, -0.25) is 0 Å². The molecule has 20 heavy (non-hydrogen) atoms. The zero-order valence-electron chi connectivity index (χ0n) is 12.0. The molecule has 1 heterocycles. The van der Waals surface area contributed by atoms with Crippen molar-refractivity contribution in [3.05, 3.63) is 23.8 Å². The van der Waals surface area contributed by atoms with E-state index in [1.54, 1.807) is 0 Å². The molecule has 0 radical (unpaired) electrons. The van der Waals surface area contributed by atoms with Gasteiger partial charge in [0.15, 0.2) is 11.5 Å². The summed E-state index contributed by atoms with van der Waals surface area (Å²) in [5.41, 5.74) is 0.875. The molecule has 110 valence electrons. The van der Waals surface area contributed by atoms with Crippen molar-refractivity contribution in [2.75, 3.05) is 13.3 Å². The van der Waals surface area contributed by atoms with E-state index < -0.39 is 6.10 Å². The van der Waals surface area contributed by atoms with Gasteiger partial charge in [0.25, 0.3) is 0 Å². The fourth-order valence-corrected chi connectivity index (χ4v) is 3.16. The molecular weight excluding hydrogens is 254 g/mol. The Labute approximate surface area is 120 Å². The van der Waals surface area contributed by atoms with Crippen LogP contribution in [0.25, 0.3) is 0 Å². The normalized spacial score (nSPS) is 21.1. The van der Waals surface area contributed by atoms with Crippen LogP contribution in [0.4, 0.5) is 0 Å². The second-order valence-corrected chi connectivity index (χ2v) is 5.87. The topological polar surface area (TPSA) is 50.7 Å². The lowest BCUT2D eigenvalue weighted by Gasteiger charge is -2.22. The largest absolute Gasteiger partial charge is 0.454 e. The van der Waals surface area contributed by atoms with Crippen LogP contribution in [0.1, 0.15) is 44.3 Å². The molecule has 0 saturated heterocycles. The Balaban J connectivity index is 1.54. The SMILES string of the molecule is C[C@@H](NCC(O)c1ccc2c(c1)OCO2)C1CCCC1. The van der Waals surface area contributed by atoms with Crippen LogP contribution in [0.3, 0.4) is 0 Å². The van der Waals surface area contributed by atoms with Gasteiger partial charge in [0.2, 0.25) is 6.79 Å². The van der Waals surface area contributed by atoms with Crippen LogP contribution in [-0.2, 0) is 0 Å². The predicted molar refractivity (Wildman–Crippen MR) is 76.9 cm³/mol. The Morgan fingerprint density at radius 2 is 2.00 bits per heavy atom. The van der Waals surface area contributed by atoms with E-state index >= 15 is 0 Å². The number of hydrogen-bond acceptors (Lipinski definition) is 4. The fourth-order valence-electron chi connectivity index (χ4n) is 3.16. The molecule has 1 fully saturated rings. The van der Waals surface area contributed by atoms with E-state index in [4.69, 9.17) is 9.47 Å². The number of fused-ring (bicyclic) bond motifs is 1. The Morgan fingerprint density at radius 3 is 2.80 bits per heavy atom. The molecule has 0 amide bonds. The molecule has 0 aromatic heterocycles. The summed E-state index contributed by atoms with van der Waals surface area (Å²) in [7, 11) is 0. The second kappa shape index (κ2) is 6.02. The summed E-state index contributed by atoms with van der Waals surface area (Å²) in [5, 5.41) is 13.8. The molecule has 4 heteroatoms. The maximum Gasteiger partial charge on any atom is 0.231 e. The van der Waals surface area contributed by atoms with Crippen LogP contribution in [0.2, 0.25) is 0 Å². The van der Waals surface area contributed by atoms with Crippen molar-refractivity contribution in [1.29, 1.82) is 0 Å². The lowest BCUT2D eigenvalue weighted by atomic mass is 9.99. The summed E-state index contributed by atoms with van der Waals surface area (Å²) in [6.07, 6.45) is 4.82. The van der Waals surface area contributed by atoms with Gasteiger partial charge in [-0.1, -0.05) is 18.9 Å². The third-order valence-corrected chi connectivity index (χ3v) is 4.52. The first kappa shape index (κ1) is 13.7. The van der Waals surface area contributed by atoms with Crippen molar-refractivity contribution >= 4 is 0 Å². The van der Waals surface area contributed by atoms with Crippen LogP contribution in [0.5, 0.6) is 11.5 Å². The van der Waals surface area contributed by atoms with Crippen molar-refractivity contribution in [2.24, 2.45) is 5.92 Å². The van der Waals surface area contributed by atoms with E-state index in [9.17, 15) is 5.11 Å². The van der Waals surface area contributed by atoms with E-state index in [1.807, 2.05) is 18.2 Å². The predicted octanol–water partition coefficient (Wildman–Crippen LogP) is 2.62. The molecule has 2 atom stereocenters. The van der Waals surface area contributed by atoms with Crippen molar-refractivity contribution in [1.82, 2.24) is 5.32 Å². The first-order chi connectivity index (χ1) is 9.74. The molecule has 1 aliphatic carbocycles. The van der Waals surface area contributed by atoms with Crippen LogP contribution in [-0.4, -0.2) is 24.5 Å². The number of benzene rings is 1. The average molecular weight is 277 g/mol. The summed E-state index contributed by atoms with van der Waals surface area (Å²) < 4.78 is 10.6. The van der Waals surface area contributed by atoms with Crippen LogP contribution >= 0.6 is 0 Å². The molecule has 1 aromatic carbocycles.